The molecule has 0 saturated carbocycles. The predicted octanol–water partition coefficient (Wildman–Crippen LogP) is 3.35. The number of hydrogen-bond acceptors (Lipinski definition) is 3. The summed E-state index contributed by atoms with van der Waals surface area (Å²) >= 11 is 0. The molecule has 0 aliphatic heterocycles. The zero-order valence-electron chi connectivity index (χ0n) is 15.2. The summed E-state index contributed by atoms with van der Waals surface area (Å²) in [5.41, 5.74) is 5.02. The Morgan fingerprint density at radius 1 is 1.12 bits per heavy atom. The third-order valence-electron chi connectivity index (χ3n) is 4.37. The monoisotopic (exact) mass is 336 g/mol. The number of aromatic nitrogens is 2. The van der Waals surface area contributed by atoms with Crippen LogP contribution >= 0.6 is 0 Å². The fourth-order valence-corrected chi connectivity index (χ4v) is 2.93. The van der Waals surface area contributed by atoms with E-state index in [4.69, 9.17) is 0 Å². The van der Waals surface area contributed by atoms with Crippen molar-refractivity contribution in [2.24, 2.45) is 0 Å². The number of carbonyl (C=O) groups excluding carboxylic acids is 1. The number of benzene rings is 2. The molecule has 130 valence electrons. The minimum atomic E-state index is -0.0446. The molecule has 0 bridgehead atoms. The molecule has 5 heteroatoms. The van der Waals surface area contributed by atoms with Crippen LogP contribution in [0.4, 0.5) is 5.69 Å². The number of para-hydroxylation sites is 2. The third-order valence-corrected chi connectivity index (χ3v) is 4.37. The van der Waals surface area contributed by atoms with E-state index in [2.05, 4.69) is 15.2 Å². The van der Waals surface area contributed by atoms with Gasteiger partial charge in [-0.1, -0.05) is 24.3 Å². The van der Waals surface area contributed by atoms with E-state index in [1.54, 1.807) is 0 Å². The van der Waals surface area contributed by atoms with E-state index in [0.717, 1.165) is 28.1 Å². The summed E-state index contributed by atoms with van der Waals surface area (Å²) in [4.78, 5) is 19.4. The molecule has 0 unspecified atom stereocenters. The summed E-state index contributed by atoms with van der Waals surface area (Å²) in [6.07, 6.45) is 0. The van der Waals surface area contributed by atoms with Gasteiger partial charge in [-0.2, -0.15) is 0 Å². The maximum atomic E-state index is 12.7. The van der Waals surface area contributed by atoms with Crippen LogP contribution in [0, 0.1) is 13.8 Å². The highest BCUT2D eigenvalue weighted by Gasteiger charge is 2.15. The summed E-state index contributed by atoms with van der Waals surface area (Å²) in [6.45, 7) is 5.00. The number of carbonyl (C=O) groups is 1. The third kappa shape index (κ3) is 3.72. The van der Waals surface area contributed by atoms with Crippen LogP contribution in [-0.4, -0.2) is 34.5 Å². The predicted molar refractivity (Wildman–Crippen MR) is 102 cm³/mol. The number of fused-ring (bicyclic) bond motifs is 1. The summed E-state index contributed by atoms with van der Waals surface area (Å²) in [5.74, 6) is 0.846. The lowest BCUT2D eigenvalue weighted by molar-refractivity contribution is -0.116. The number of aryl methyl sites for hydroxylation is 1. The van der Waals surface area contributed by atoms with Gasteiger partial charge in [0, 0.05) is 5.69 Å². The lowest BCUT2D eigenvalue weighted by Gasteiger charge is -2.14. The molecule has 0 atom stereocenters. The zero-order valence-corrected chi connectivity index (χ0v) is 15.2. The molecular weight excluding hydrogens is 312 g/mol. The average Bonchev–Trinajstić information content (AvgIpc) is 2.89. The summed E-state index contributed by atoms with van der Waals surface area (Å²) in [7, 11) is 4.00. The van der Waals surface area contributed by atoms with Crippen LogP contribution in [0.2, 0.25) is 0 Å². The molecule has 1 aromatic heterocycles. The molecule has 1 N–H and O–H groups in total. The molecule has 0 spiro atoms. The van der Waals surface area contributed by atoms with Crippen LogP contribution < -0.4 is 5.32 Å². The van der Waals surface area contributed by atoms with Gasteiger partial charge in [-0.15, -0.1) is 0 Å². The second-order valence-corrected chi connectivity index (χ2v) is 6.64. The van der Waals surface area contributed by atoms with Crippen LogP contribution in [0.5, 0.6) is 0 Å². The van der Waals surface area contributed by atoms with Crippen LogP contribution in [0.1, 0.15) is 17.0 Å². The number of hydrogen-bond donors (Lipinski definition) is 1. The van der Waals surface area contributed by atoms with Crippen LogP contribution in [-0.2, 0) is 17.9 Å². The lowest BCUT2D eigenvalue weighted by Crippen LogP contribution is -2.23. The Kier molecular flexibility index (Phi) is 4.86. The number of amides is 1. The van der Waals surface area contributed by atoms with Crippen molar-refractivity contribution in [3.63, 3.8) is 0 Å². The van der Waals surface area contributed by atoms with Crippen molar-refractivity contribution in [2.75, 3.05) is 19.4 Å². The van der Waals surface area contributed by atoms with Crippen LogP contribution in [0.3, 0.4) is 0 Å². The first-order valence-electron chi connectivity index (χ1n) is 8.40. The van der Waals surface area contributed by atoms with E-state index in [0.29, 0.717) is 6.54 Å². The summed E-state index contributed by atoms with van der Waals surface area (Å²) in [6, 6.07) is 13.9. The van der Waals surface area contributed by atoms with Crippen molar-refractivity contribution >= 4 is 22.6 Å². The topological polar surface area (TPSA) is 50.2 Å². The lowest BCUT2D eigenvalue weighted by atomic mass is 10.1. The zero-order chi connectivity index (χ0) is 18.0. The van der Waals surface area contributed by atoms with Gasteiger partial charge in [0.15, 0.2) is 0 Å². The van der Waals surface area contributed by atoms with Gasteiger partial charge in [0.2, 0.25) is 5.91 Å². The maximum Gasteiger partial charge on any atom is 0.244 e. The average molecular weight is 336 g/mol. The Labute approximate surface area is 148 Å². The minimum absolute atomic E-state index is 0.0446. The molecule has 0 aliphatic carbocycles. The Hall–Kier alpha value is -2.66. The van der Waals surface area contributed by atoms with Crippen molar-refractivity contribution in [3.05, 3.63) is 59.4 Å². The highest BCUT2D eigenvalue weighted by molar-refractivity contribution is 5.92. The summed E-state index contributed by atoms with van der Waals surface area (Å²) < 4.78 is 2.00. The molecule has 5 nitrogen and oxygen atoms in total. The fraction of sp³-hybridized carbons (Fsp3) is 0.300. The van der Waals surface area contributed by atoms with Gasteiger partial charge in [-0.25, -0.2) is 4.98 Å². The van der Waals surface area contributed by atoms with Gasteiger partial charge in [0.1, 0.15) is 12.4 Å². The number of rotatable bonds is 5. The molecule has 0 saturated heterocycles. The molecule has 1 heterocycles. The Morgan fingerprint density at radius 3 is 2.64 bits per heavy atom. The van der Waals surface area contributed by atoms with E-state index in [-0.39, 0.29) is 12.5 Å². The smallest absolute Gasteiger partial charge is 0.244 e. The van der Waals surface area contributed by atoms with Crippen LogP contribution in [0.25, 0.3) is 11.0 Å². The summed E-state index contributed by atoms with van der Waals surface area (Å²) in [5, 5.41) is 3.03. The first kappa shape index (κ1) is 17.2. The van der Waals surface area contributed by atoms with Gasteiger partial charge in [0.05, 0.1) is 17.6 Å². The largest absolute Gasteiger partial charge is 0.324 e. The number of nitrogens with zero attached hydrogens (tertiary/aromatic N) is 3. The normalized spacial score (nSPS) is 11.2. The van der Waals surface area contributed by atoms with Crippen molar-refractivity contribution in [1.82, 2.24) is 14.5 Å². The van der Waals surface area contributed by atoms with E-state index < -0.39 is 0 Å². The SMILES string of the molecule is Cc1cccc(NC(=O)Cn2c(CN(C)C)nc3ccccc32)c1C. The van der Waals surface area contributed by atoms with E-state index in [1.165, 1.54) is 5.56 Å². The molecule has 3 rings (SSSR count). The van der Waals surface area contributed by atoms with Crippen molar-refractivity contribution < 1.29 is 4.79 Å². The van der Waals surface area contributed by atoms with Gasteiger partial charge in [0.25, 0.3) is 0 Å². The Morgan fingerprint density at radius 2 is 1.88 bits per heavy atom. The number of nitrogens with one attached hydrogen (secondary N) is 1. The van der Waals surface area contributed by atoms with E-state index in [9.17, 15) is 4.79 Å². The van der Waals surface area contributed by atoms with Crippen molar-refractivity contribution in [1.29, 1.82) is 0 Å². The van der Waals surface area contributed by atoms with Crippen LogP contribution in [0.15, 0.2) is 42.5 Å². The molecular formula is C20H24N4O. The van der Waals surface area contributed by atoms with E-state index >= 15 is 0 Å². The van der Waals surface area contributed by atoms with Gasteiger partial charge < -0.3 is 14.8 Å². The second kappa shape index (κ2) is 7.07. The quantitative estimate of drug-likeness (QED) is 0.777. The Bertz CT molecular complexity index is 911. The van der Waals surface area contributed by atoms with Gasteiger partial charge in [-0.3, -0.25) is 4.79 Å². The first-order valence-corrected chi connectivity index (χ1v) is 8.40. The van der Waals surface area contributed by atoms with Crippen molar-refractivity contribution in [3.8, 4) is 0 Å². The molecule has 3 aromatic rings. The van der Waals surface area contributed by atoms with Gasteiger partial charge in [-0.05, 0) is 57.3 Å². The standard InChI is InChI=1S/C20H24N4O/c1-14-8-7-10-16(15(14)2)22-20(25)13-24-18-11-6-5-9-17(18)21-19(24)12-23(3)4/h5-11H,12-13H2,1-4H3,(H,22,25). The second-order valence-electron chi connectivity index (χ2n) is 6.64. The Balaban J connectivity index is 1.88. The highest BCUT2D eigenvalue weighted by atomic mass is 16.1. The van der Waals surface area contributed by atoms with Gasteiger partial charge >= 0.3 is 0 Å². The molecule has 25 heavy (non-hydrogen) atoms. The van der Waals surface area contributed by atoms with E-state index in [1.807, 2.05) is 75.0 Å². The first-order chi connectivity index (χ1) is 12.0. The molecule has 1 amide bonds. The molecule has 0 radical (unpaired) electrons. The number of anilines is 1. The molecule has 0 aliphatic rings. The maximum absolute atomic E-state index is 12.7. The molecule has 2 aromatic carbocycles. The fourth-order valence-electron chi connectivity index (χ4n) is 2.93. The number of imidazole rings is 1. The van der Waals surface area contributed by atoms with Crippen molar-refractivity contribution in [2.45, 2.75) is 26.9 Å². The highest BCUT2D eigenvalue weighted by Crippen LogP contribution is 2.20. The molecule has 0 fully saturated rings. The minimum Gasteiger partial charge on any atom is -0.324 e.